The van der Waals surface area contributed by atoms with Gasteiger partial charge in [-0.1, -0.05) is 18.2 Å². The van der Waals surface area contributed by atoms with Crippen molar-refractivity contribution in [2.45, 2.75) is 0 Å². The number of esters is 2. The lowest BCUT2D eigenvalue weighted by Gasteiger charge is -2.31. The van der Waals surface area contributed by atoms with Crippen molar-refractivity contribution >= 4 is 17.6 Å². The highest BCUT2D eigenvalue weighted by Crippen LogP contribution is 2.31. The van der Waals surface area contributed by atoms with Gasteiger partial charge in [-0.3, -0.25) is 0 Å². The molecule has 152 valence electrons. The van der Waals surface area contributed by atoms with Gasteiger partial charge in [0.25, 0.3) is 0 Å². The van der Waals surface area contributed by atoms with Crippen molar-refractivity contribution in [3.63, 3.8) is 0 Å². The van der Waals surface area contributed by atoms with Crippen LogP contribution in [-0.4, -0.2) is 46.6 Å². The van der Waals surface area contributed by atoms with Crippen molar-refractivity contribution in [1.29, 1.82) is 0 Å². The first-order valence-electron chi connectivity index (χ1n) is 8.69. The number of nitrogens with zero attached hydrogens (tertiary/aromatic N) is 1. The Kier molecular flexibility index (Phi) is 6.13. The van der Waals surface area contributed by atoms with Crippen molar-refractivity contribution in [2.75, 3.05) is 39.6 Å². The first-order valence-corrected chi connectivity index (χ1v) is 8.69. The van der Waals surface area contributed by atoms with Crippen LogP contribution >= 0.6 is 0 Å². The maximum absolute atomic E-state index is 14.1. The molecule has 2 aromatic carbocycles. The Morgan fingerprint density at radius 2 is 1.72 bits per heavy atom. The first kappa shape index (κ1) is 20.3. The molecule has 1 heterocycles. The van der Waals surface area contributed by atoms with Gasteiger partial charge in [0.2, 0.25) is 0 Å². The van der Waals surface area contributed by atoms with Gasteiger partial charge >= 0.3 is 11.9 Å². The summed E-state index contributed by atoms with van der Waals surface area (Å²) in [5, 5.41) is 0. The number of hydrogen-bond donors (Lipinski definition) is 0. The molecule has 29 heavy (non-hydrogen) atoms. The largest absolute Gasteiger partial charge is 0.494 e. The van der Waals surface area contributed by atoms with Gasteiger partial charge in [-0.05, 0) is 35.4 Å². The minimum atomic E-state index is -0.686. The Bertz CT molecular complexity index is 971. The molecule has 3 rings (SSSR count). The average molecular weight is 401 g/mol. The van der Waals surface area contributed by atoms with Gasteiger partial charge in [-0.2, -0.15) is 0 Å². The monoisotopic (exact) mass is 401 g/mol. The number of ether oxygens (including phenoxy) is 4. The topological polar surface area (TPSA) is 74.3 Å². The Hall–Kier alpha value is -3.39. The normalized spacial score (nSPS) is 13.9. The second-order valence-corrected chi connectivity index (χ2v) is 6.12. The van der Waals surface area contributed by atoms with E-state index in [4.69, 9.17) is 18.9 Å². The summed E-state index contributed by atoms with van der Waals surface area (Å²) >= 11 is 0. The lowest BCUT2D eigenvalue weighted by molar-refractivity contribution is -0.140. The third-order valence-electron chi connectivity index (χ3n) is 4.48. The van der Waals surface area contributed by atoms with E-state index in [-0.39, 0.29) is 30.4 Å². The summed E-state index contributed by atoms with van der Waals surface area (Å²) in [6.07, 6.45) is 0. The molecule has 1 aliphatic rings. The number of anilines is 1. The van der Waals surface area contributed by atoms with Crippen LogP contribution < -0.4 is 9.64 Å². The molecule has 0 saturated carbocycles. The van der Waals surface area contributed by atoms with E-state index in [2.05, 4.69) is 0 Å². The molecule has 0 fully saturated rings. The van der Waals surface area contributed by atoms with Crippen molar-refractivity contribution < 1.29 is 32.9 Å². The van der Waals surface area contributed by atoms with E-state index in [0.717, 1.165) is 0 Å². The first-order chi connectivity index (χ1) is 14.0. The Morgan fingerprint density at radius 3 is 2.38 bits per heavy atom. The van der Waals surface area contributed by atoms with Crippen LogP contribution in [0.15, 0.2) is 53.7 Å². The number of hydrogen-bond acceptors (Lipinski definition) is 7. The molecule has 0 aromatic heterocycles. The average Bonchev–Trinajstić information content (AvgIpc) is 2.77. The maximum Gasteiger partial charge on any atom is 0.355 e. The molecule has 0 aliphatic carbocycles. The fraction of sp³-hybridized carbons (Fsp3) is 0.238. The SMILES string of the molecule is COC(=O)C1=C(C(=O)OC)N(c2cccc(-c3ccc(OC)c(F)c3)c2)COC1. The molecule has 0 spiro atoms. The zero-order chi connectivity index (χ0) is 21.0. The summed E-state index contributed by atoms with van der Waals surface area (Å²) < 4.78 is 34.2. The van der Waals surface area contributed by atoms with Crippen LogP contribution in [0, 0.1) is 5.82 Å². The Morgan fingerprint density at radius 1 is 1.00 bits per heavy atom. The van der Waals surface area contributed by atoms with Gasteiger partial charge < -0.3 is 23.8 Å². The van der Waals surface area contributed by atoms with Crippen LogP contribution in [0.3, 0.4) is 0 Å². The zero-order valence-corrected chi connectivity index (χ0v) is 16.2. The third-order valence-corrected chi connectivity index (χ3v) is 4.48. The predicted molar refractivity (Wildman–Crippen MR) is 103 cm³/mol. The lowest BCUT2D eigenvalue weighted by atomic mass is 10.0. The van der Waals surface area contributed by atoms with Crippen LogP contribution in [0.5, 0.6) is 5.75 Å². The van der Waals surface area contributed by atoms with Gasteiger partial charge in [0.05, 0.1) is 33.5 Å². The maximum atomic E-state index is 14.1. The number of carbonyl (C=O) groups is 2. The van der Waals surface area contributed by atoms with Gasteiger partial charge in [0.1, 0.15) is 12.4 Å². The summed E-state index contributed by atoms with van der Waals surface area (Å²) in [4.78, 5) is 26.0. The highest BCUT2D eigenvalue weighted by atomic mass is 19.1. The van der Waals surface area contributed by atoms with Crippen molar-refractivity contribution in [3.05, 3.63) is 59.6 Å². The Labute approximate surface area is 167 Å². The van der Waals surface area contributed by atoms with E-state index in [1.54, 1.807) is 30.3 Å². The number of halogens is 1. The number of benzene rings is 2. The van der Waals surface area contributed by atoms with Crippen LogP contribution in [0.2, 0.25) is 0 Å². The number of carbonyl (C=O) groups excluding carboxylic acids is 2. The minimum Gasteiger partial charge on any atom is -0.494 e. The number of methoxy groups -OCH3 is 3. The Balaban J connectivity index is 2.05. The van der Waals surface area contributed by atoms with E-state index in [1.165, 1.54) is 38.4 Å². The molecule has 0 atom stereocenters. The summed E-state index contributed by atoms with van der Waals surface area (Å²) in [7, 11) is 3.85. The zero-order valence-electron chi connectivity index (χ0n) is 16.2. The molecule has 0 bridgehead atoms. The van der Waals surface area contributed by atoms with Crippen LogP contribution in [-0.2, 0) is 23.8 Å². The molecular weight excluding hydrogens is 381 g/mol. The van der Waals surface area contributed by atoms with Crippen LogP contribution in [0.25, 0.3) is 11.1 Å². The summed E-state index contributed by atoms with van der Waals surface area (Å²) in [6.45, 7) is -0.0393. The van der Waals surface area contributed by atoms with Crippen molar-refractivity contribution in [3.8, 4) is 16.9 Å². The van der Waals surface area contributed by atoms with Crippen LogP contribution in [0.4, 0.5) is 10.1 Å². The third kappa shape index (κ3) is 4.07. The minimum absolute atomic E-state index is 0.0331. The highest BCUT2D eigenvalue weighted by Gasteiger charge is 2.32. The summed E-state index contributed by atoms with van der Waals surface area (Å²) in [6, 6.07) is 11.7. The molecule has 2 aromatic rings. The fourth-order valence-electron chi connectivity index (χ4n) is 3.05. The van der Waals surface area contributed by atoms with E-state index >= 15 is 0 Å². The van der Waals surface area contributed by atoms with E-state index in [0.29, 0.717) is 16.8 Å². The predicted octanol–water partition coefficient (Wildman–Crippen LogP) is 2.90. The molecule has 0 radical (unpaired) electrons. The van der Waals surface area contributed by atoms with Gasteiger partial charge in [0, 0.05) is 5.69 Å². The van der Waals surface area contributed by atoms with Gasteiger partial charge in [-0.15, -0.1) is 0 Å². The number of rotatable bonds is 5. The standard InChI is InChI=1S/C21H20FNO6/c1-26-18-8-7-14(10-17(18)22)13-5-4-6-15(9-13)23-12-29-11-16(20(24)27-2)19(23)21(25)28-3/h4-10H,11-12H2,1-3H3. The second kappa shape index (κ2) is 8.74. The highest BCUT2D eigenvalue weighted by molar-refractivity contribution is 6.03. The molecule has 0 unspecified atom stereocenters. The molecule has 0 saturated heterocycles. The van der Waals surface area contributed by atoms with Crippen molar-refractivity contribution in [2.24, 2.45) is 0 Å². The second-order valence-electron chi connectivity index (χ2n) is 6.12. The molecular formula is C21H20FNO6. The molecule has 7 nitrogen and oxygen atoms in total. The summed E-state index contributed by atoms with van der Waals surface area (Å²) in [5.74, 6) is -1.70. The van der Waals surface area contributed by atoms with Crippen LogP contribution in [0.1, 0.15) is 0 Å². The molecule has 8 heteroatoms. The van der Waals surface area contributed by atoms with E-state index in [1.807, 2.05) is 0 Å². The molecule has 1 aliphatic heterocycles. The molecule has 0 amide bonds. The van der Waals surface area contributed by atoms with Gasteiger partial charge in [0.15, 0.2) is 11.6 Å². The van der Waals surface area contributed by atoms with E-state index in [9.17, 15) is 14.0 Å². The lowest BCUT2D eigenvalue weighted by Crippen LogP contribution is -2.38. The quantitative estimate of drug-likeness (QED) is 0.713. The summed E-state index contributed by atoms with van der Waals surface area (Å²) in [5.41, 5.74) is 2.01. The van der Waals surface area contributed by atoms with E-state index < -0.39 is 17.8 Å². The van der Waals surface area contributed by atoms with Gasteiger partial charge in [-0.25, -0.2) is 14.0 Å². The fourth-order valence-corrected chi connectivity index (χ4v) is 3.05. The molecule has 0 N–H and O–H groups in total. The van der Waals surface area contributed by atoms with Crippen molar-refractivity contribution in [1.82, 2.24) is 0 Å². The smallest absolute Gasteiger partial charge is 0.355 e.